The first-order valence-corrected chi connectivity index (χ1v) is 9.64. The lowest BCUT2D eigenvalue weighted by atomic mass is 9.95. The Kier molecular flexibility index (Phi) is 12.7. The Morgan fingerprint density at radius 3 is 2.64 bits per heavy atom. The number of aromatic nitrogens is 1. The zero-order valence-corrected chi connectivity index (χ0v) is 17.7. The molecular weight excluding hydrogens is 379 g/mol. The number of aryl methyl sites for hydroxylation is 1. The second-order valence-electron chi connectivity index (χ2n) is 6.49. The maximum Gasteiger partial charge on any atom is 0.223 e. The number of amides is 1. The molecule has 1 amide bonds. The summed E-state index contributed by atoms with van der Waals surface area (Å²) >= 11 is 1.70. The molecule has 5 nitrogen and oxygen atoms in total. The van der Waals surface area contributed by atoms with Crippen LogP contribution in [0.4, 0.5) is 0 Å². The van der Waals surface area contributed by atoms with Crippen LogP contribution in [0, 0.1) is 12.8 Å². The molecule has 1 fully saturated rings. The van der Waals surface area contributed by atoms with Crippen LogP contribution in [0.15, 0.2) is 5.38 Å². The first-order valence-electron chi connectivity index (χ1n) is 8.76. The van der Waals surface area contributed by atoms with Crippen molar-refractivity contribution in [2.75, 3.05) is 19.6 Å². The van der Waals surface area contributed by atoms with Gasteiger partial charge in [-0.2, -0.15) is 0 Å². The lowest BCUT2D eigenvalue weighted by Gasteiger charge is -2.31. The van der Waals surface area contributed by atoms with Crippen LogP contribution in [0.5, 0.6) is 0 Å². The van der Waals surface area contributed by atoms with Crippen molar-refractivity contribution in [1.82, 2.24) is 15.2 Å². The molecule has 1 aliphatic heterocycles. The highest BCUT2D eigenvalue weighted by Crippen LogP contribution is 2.20. The van der Waals surface area contributed by atoms with E-state index in [1.54, 1.807) is 11.3 Å². The van der Waals surface area contributed by atoms with E-state index in [9.17, 15) is 4.79 Å². The highest BCUT2D eigenvalue weighted by Gasteiger charge is 2.26. The number of hydrogen-bond acceptors (Lipinski definition) is 5. The average molecular weight is 411 g/mol. The topological polar surface area (TPSA) is 71.2 Å². The molecule has 1 saturated heterocycles. The van der Waals surface area contributed by atoms with Crippen molar-refractivity contribution in [2.45, 2.75) is 58.5 Å². The maximum atomic E-state index is 12.4. The van der Waals surface area contributed by atoms with Gasteiger partial charge in [-0.25, -0.2) is 4.98 Å². The second-order valence-corrected chi connectivity index (χ2v) is 7.55. The van der Waals surface area contributed by atoms with Gasteiger partial charge in [0.15, 0.2) is 0 Å². The van der Waals surface area contributed by atoms with Gasteiger partial charge < -0.3 is 11.1 Å². The van der Waals surface area contributed by atoms with E-state index < -0.39 is 0 Å². The number of nitrogens with one attached hydrogen (secondary N) is 1. The van der Waals surface area contributed by atoms with Crippen LogP contribution in [0.3, 0.4) is 0 Å². The van der Waals surface area contributed by atoms with Crippen molar-refractivity contribution in [2.24, 2.45) is 11.7 Å². The summed E-state index contributed by atoms with van der Waals surface area (Å²) in [6, 6.07) is 0.137. The molecule has 0 saturated carbocycles. The maximum absolute atomic E-state index is 12.4. The van der Waals surface area contributed by atoms with Crippen molar-refractivity contribution >= 4 is 42.1 Å². The van der Waals surface area contributed by atoms with E-state index in [0.29, 0.717) is 6.54 Å². The Hall–Kier alpha value is -0.400. The van der Waals surface area contributed by atoms with Gasteiger partial charge in [0, 0.05) is 30.4 Å². The number of carbonyl (C=O) groups is 1. The normalized spacial score (nSPS) is 16.6. The number of rotatable bonds is 8. The number of carbonyl (C=O) groups excluding carboxylic acids is 1. The fraction of sp³-hybridized carbons (Fsp3) is 0.765. The van der Waals surface area contributed by atoms with Gasteiger partial charge in [0.2, 0.25) is 5.91 Å². The number of likely N-dealkylation sites (tertiary alicyclic amines) is 1. The van der Waals surface area contributed by atoms with E-state index in [4.69, 9.17) is 5.73 Å². The number of nitrogens with two attached hydrogens (primary N) is 1. The molecule has 25 heavy (non-hydrogen) atoms. The van der Waals surface area contributed by atoms with Gasteiger partial charge in [-0.15, -0.1) is 36.2 Å². The first kappa shape index (κ1) is 24.6. The fourth-order valence-electron chi connectivity index (χ4n) is 3.08. The molecule has 146 valence electrons. The number of nitrogens with zero attached hydrogens (tertiary/aromatic N) is 2. The zero-order valence-electron chi connectivity index (χ0n) is 15.2. The smallest absolute Gasteiger partial charge is 0.223 e. The van der Waals surface area contributed by atoms with Crippen molar-refractivity contribution in [1.29, 1.82) is 0 Å². The van der Waals surface area contributed by atoms with Gasteiger partial charge in [-0.3, -0.25) is 9.69 Å². The minimum atomic E-state index is 0. The molecule has 0 spiro atoms. The quantitative estimate of drug-likeness (QED) is 0.690. The minimum absolute atomic E-state index is 0. The van der Waals surface area contributed by atoms with Crippen LogP contribution >= 0.6 is 36.2 Å². The molecular formula is C17H32Cl2N4OS. The van der Waals surface area contributed by atoms with E-state index in [2.05, 4.69) is 27.5 Å². The molecule has 1 atom stereocenters. The summed E-state index contributed by atoms with van der Waals surface area (Å²) in [6.07, 6.45) is 5.11. The Morgan fingerprint density at radius 2 is 2.12 bits per heavy atom. The van der Waals surface area contributed by atoms with Crippen LogP contribution in [-0.4, -0.2) is 41.5 Å². The Balaban J connectivity index is 0.00000288. The van der Waals surface area contributed by atoms with Gasteiger partial charge in [-0.1, -0.05) is 19.8 Å². The van der Waals surface area contributed by atoms with Gasteiger partial charge in [0.1, 0.15) is 0 Å². The van der Waals surface area contributed by atoms with Crippen LogP contribution in [0.2, 0.25) is 0 Å². The predicted octanol–water partition coefficient (Wildman–Crippen LogP) is 3.14. The van der Waals surface area contributed by atoms with E-state index >= 15 is 0 Å². The largest absolute Gasteiger partial charge is 0.352 e. The molecule has 2 heterocycles. The molecule has 1 aliphatic rings. The molecule has 2 rings (SSSR count). The fourth-order valence-corrected chi connectivity index (χ4v) is 3.69. The van der Waals surface area contributed by atoms with E-state index in [1.165, 1.54) is 0 Å². The Labute approximate surface area is 168 Å². The summed E-state index contributed by atoms with van der Waals surface area (Å²) in [7, 11) is 0. The number of hydrogen-bond donors (Lipinski definition) is 2. The molecule has 0 radical (unpaired) electrons. The van der Waals surface area contributed by atoms with Gasteiger partial charge in [0.25, 0.3) is 0 Å². The highest BCUT2D eigenvalue weighted by molar-refractivity contribution is 7.09. The molecule has 1 aromatic heterocycles. The first-order chi connectivity index (χ1) is 11.1. The van der Waals surface area contributed by atoms with E-state index in [-0.39, 0.29) is 42.7 Å². The van der Waals surface area contributed by atoms with Crippen LogP contribution in [-0.2, 0) is 11.3 Å². The molecule has 0 aromatic carbocycles. The number of unbranched alkanes of at least 4 members (excludes halogenated alkanes) is 1. The number of thiazole rings is 1. The monoisotopic (exact) mass is 410 g/mol. The summed E-state index contributed by atoms with van der Waals surface area (Å²) in [4.78, 5) is 19.3. The third-order valence-corrected chi connectivity index (χ3v) is 5.37. The van der Waals surface area contributed by atoms with Gasteiger partial charge in [-0.05, 0) is 39.3 Å². The van der Waals surface area contributed by atoms with E-state index in [0.717, 1.165) is 62.4 Å². The standard InChI is InChI=1S/C17H30N4OS.2ClH/c1-3-4-5-15(10-18)20-17(22)14-6-8-21(9-7-14)11-16-12-23-13(2)19-16;;/h12,14-15H,3-11,18H2,1-2H3,(H,20,22);2*1H. The van der Waals surface area contributed by atoms with E-state index in [1.807, 2.05) is 6.92 Å². The third-order valence-electron chi connectivity index (χ3n) is 4.55. The summed E-state index contributed by atoms with van der Waals surface area (Å²) in [5.41, 5.74) is 6.92. The number of piperidine rings is 1. The van der Waals surface area contributed by atoms with Crippen LogP contribution in [0.25, 0.3) is 0 Å². The average Bonchev–Trinajstić information content (AvgIpc) is 2.96. The molecule has 0 aliphatic carbocycles. The summed E-state index contributed by atoms with van der Waals surface area (Å²) in [6.45, 7) is 7.58. The molecule has 0 bridgehead atoms. The van der Waals surface area contributed by atoms with Crippen molar-refractivity contribution < 1.29 is 4.79 Å². The van der Waals surface area contributed by atoms with Gasteiger partial charge in [0.05, 0.1) is 10.7 Å². The zero-order chi connectivity index (χ0) is 16.7. The molecule has 8 heteroatoms. The summed E-state index contributed by atoms with van der Waals surface area (Å²) in [5, 5.41) is 6.40. The molecule has 3 N–H and O–H groups in total. The minimum Gasteiger partial charge on any atom is -0.352 e. The summed E-state index contributed by atoms with van der Waals surface area (Å²) < 4.78 is 0. The Morgan fingerprint density at radius 1 is 1.44 bits per heavy atom. The number of halogens is 2. The van der Waals surface area contributed by atoms with Crippen molar-refractivity contribution in [3.05, 3.63) is 16.1 Å². The summed E-state index contributed by atoms with van der Waals surface area (Å²) in [5.74, 6) is 0.333. The van der Waals surface area contributed by atoms with Crippen molar-refractivity contribution in [3.63, 3.8) is 0 Å². The lowest BCUT2D eigenvalue weighted by molar-refractivity contribution is -0.127. The predicted molar refractivity (Wildman–Crippen MR) is 110 cm³/mol. The molecule has 1 aromatic rings. The second kappa shape index (κ2) is 12.9. The highest BCUT2D eigenvalue weighted by atomic mass is 35.5. The molecule has 1 unspecified atom stereocenters. The SMILES string of the molecule is CCCCC(CN)NC(=O)C1CCN(Cc2csc(C)n2)CC1.Cl.Cl. The van der Waals surface area contributed by atoms with Crippen LogP contribution < -0.4 is 11.1 Å². The Bertz CT molecular complexity index is 493. The van der Waals surface area contributed by atoms with Gasteiger partial charge >= 0.3 is 0 Å². The third kappa shape index (κ3) is 8.22. The van der Waals surface area contributed by atoms with Crippen LogP contribution in [0.1, 0.15) is 49.7 Å². The van der Waals surface area contributed by atoms with Crippen molar-refractivity contribution in [3.8, 4) is 0 Å². The lowest BCUT2D eigenvalue weighted by Crippen LogP contribution is -2.46.